The van der Waals surface area contributed by atoms with E-state index < -0.39 is 37.5 Å². The Hall–Kier alpha value is -0.600. The van der Waals surface area contributed by atoms with E-state index in [0.717, 1.165) is 0 Å². The molecule has 0 spiro atoms. The van der Waals surface area contributed by atoms with Crippen molar-refractivity contribution in [3.8, 4) is 0 Å². The molecule has 0 aliphatic carbocycles. The number of hydrogen-bond donors (Lipinski definition) is 0. The fourth-order valence-corrected chi connectivity index (χ4v) is 1.14. The summed E-state index contributed by atoms with van der Waals surface area (Å²) in [6, 6.07) is 0. The smallest absolute Gasteiger partial charge is 0.307 e. The summed E-state index contributed by atoms with van der Waals surface area (Å²) >= 11 is 0. The van der Waals surface area contributed by atoms with E-state index in [1.54, 1.807) is 0 Å². The van der Waals surface area contributed by atoms with Gasteiger partial charge in [-0.2, -0.15) is 0 Å². The Labute approximate surface area is 104 Å². The van der Waals surface area contributed by atoms with Crippen LogP contribution in [-0.4, -0.2) is 37.9 Å². The molecule has 116 valence electrons. The van der Waals surface area contributed by atoms with Gasteiger partial charge in [-0.05, 0) is 12.8 Å². The Bertz CT molecular complexity index is 220. The first kappa shape index (κ1) is 18.4. The Morgan fingerprint density at radius 2 is 1.00 bits per heavy atom. The lowest BCUT2D eigenvalue weighted by Gasteiger charge is -2.16. The third kappa shape index (κ3) is 7.54. The van der Waals surface area contributed by atoms with Crippen LogP contribution in [0.2, 0.25) is 0 Å². The van der Waals surface area contributed by atoms with Crippen molar-refractivity contribution in [1.29, 1.82) is 0 Å². The van der Waals surface area contributed by atoms with Crippen molar-refractivity contribution in [1.82, 2.24) is 0 Å². The fraction of sp³-hybridized carbons (Fsp3) is 1.00. The average Bonchev–Trinajstić information content (AvgIpc) is 2.27. The van der Waals surface area contributed by atoms with Gasteiger partial charge in [0, 0.05) is 26.1 Å². The maximum atomic E-state index is 12.4. The molecule has 0 radical (unpaired) electrons. The molecule has 9 heteroatoms. The Kier molecular flexibility index (Phi) is 7.61. The molecule has 0 aliphatic rings. The molecule has 0 aromatic carbocycles. The van der Waals surface area contributed by atoms with E-state index in [0.29, 0.717) is 0 Å². The van der Waals surface area contributed by atoms with Crippen LogP contribution in [0.25, 0.3) is 0 Å². The third-order valence-corrected chi connectivity index (χ3v) is 2.24. The normalized spacial score (nSPS) is 13.6. The van der Waals surface area contributed by atoms with Gasteiger partial charge in [0.25, 0.3) is 0 Å². The number of alkyl halides is 8. The zero-order valence-corrected chi connectivity index (χ0v) is 9.83. The van der Waals surface area contributed by atoms with Crippen LogP contribution in [-0.2, 0) is 4.74 Å². The minimum absolute atomic E-state index is 0.317. The molecule has 0 aromatic rings. The van der Waals surface area contributed by atoms with Gasteiger partial charge in [0.05, 0.1) is 0 Å². The third-order valence-electron chi connectivity index (χ3n) is 2.24. The first-order chi connectivity index (χ1) is 8.59. The number of halogens is 8. The van der Waals surface area contributed by atoms with Crippen LogP contribution in [0.5, 0.6) is 0 Å². The lowest BCUT2D eigenvalue weighted by Crippen LogP contribution is -2.27. The van der Waals surface area contributed by atoms with E-state index in [2.05, 4.69) is 4.74 Å². The average molecular weight is 302 g/mol. The van der Waals surface area contributed by atoms with Crippen LogP contribution >= 0.6 is 0 Å². The van der Waals surface area contributed by atoms with E-state index in [9.17, 15) is 35.1 Å². The topological polar surface area (TPSA) is 9.23 Å². The number of rotatable bonds is 10. The van der Waals surface area contributed by atoms with Gasteiger partial charge in [0.2, 0.25) is 0 Å². The molecule has 0 aliphatic heterocycles. The zero-order valence-electron chi connectivity index (χ0n) is 9.83. The van der Waals surface area contributed by atoms with Crippen LogP contribution in [0.1, 0.15) is 25.7 Å². The lowest BCUT2D eigenvalue weighted by molar-refractivity contribution is -0.138. The molecule has 0 atom stereocenters. The Morgan fingerprint density at radius 1 is 0.684 bits per heavy atom. The van der Waals surface area contributed by atoms with Gasteiger partial charge in [-0.1, -0.05) is 0 Å². The minimum atomic E-state index is -4.11. The van der Waals surface area contributed by atoms with Gasteiger partial charge in [-0.3, -0.25) is 0 Å². The fourth-order valence-electron chi connectivity index (χ4n) is 1.14. The standard InChI is InChI=1S/C10H14F8O/c11-7(12)9(15,16)3-1-5-19-6-2-4-10(17,18)8(13)14/h7-8H,1-6H2. The summed E-state index contributed by atoms with van der Waals surface area (Å²) in [7, 11) is 0. The van der Waals surface area contributed by atoms with Gasteiger partial charge < -0.3 is 4.74 Å². The Balaban J connectivity index is 3.57. The highest BCUT2D eigenvalue weighted by molar-refractivity contribution is 4.69. The molecule has 1 nitrogen and oxygen atoms in total. The summed E-state index contributed by atoms with van der Waals surface area (Å²) in [6.07, 6.45) is -10.4. The molecular formula is C10H14F8O. The summed E-state index contributed by atoms with van der Waals surface area (Å²) < 4.78 is 101. The molecular weight excluding hydrogens is 288 g/mol. The van der Waals surface area contributed by atoms with Crippen LogP contribution in [0.4, 0.5) is 35.1 Å². The largest absolute Gasteiger partial charge is 0.381 e. The van der Waals surface area contributed by atoms with Gasteiger partial charge in [0.15, 0.2) is 0 Å². The van der Waals surface area contributed by atoms with E-state index in [4.69, 9.17) is 0 Å². The highest BCUT2D eigenvalue weighted by Gasteiger charge is 2.40. The summed E-state index contributed by atoms with van der Waals surface area (Å²) in [5.41, 5.74) is 0. The highest BCUT2D eigenvalue weighted by Crippen LogP contribution is 2.29. The molecule has 0 N–H and O–H groups in total. The predicted molar refractivity (Wildman–Crippen MR) is 51.2 cm³/mol. The monoisotopic (exact) mass is 302 g/mol. The van der Waals surface area contributed by atoms with E-state index in [-0.39, 0.29) is 26.1 Å². The molecule has 0 amide bonds. The molecule has 0 saturated carbocycles. The van der Waals surface area contributed by atoms with Crippen molar-refractivity contribution >= 4 is 0 Å². The number of ether oxygens (including phenoxy) is 1. The van der Waals surface area contributed by atoms with Crippen molar-refractivity contribution < 1.29 is 39.9 Å². The molecule has 19 heavy (non-hydrogen) atoms. The van der Waals surface area contributed by atoms with Crippen molar-refractivity contribution in [3.05, 3.63) is 0 Å². The van der Waals surface area contributed by atoms with Gasteiger partial charge in [-0.25, -0.2) is 35.1 Å². The van der Waals surface area contributed by atoms with Crippen LogP contribution in [0, 0.1) is 0 Å². The molecule has 0 bridgehead atoms. The van der Waals surface area contributed by atoms with Crippen molar-refractivity contribution in [2.24, 2.45) is 0 Å². The summed E-state index contributed by atoms with van der Waals surface area (Å²) in [4.78, 5) is 0. The molecule has 0 rings (SSSR count). The van der Waals surface area contributed by atoms with Crippen LogP contribution in [0.15, 0.2) is 0 Å². The summed E-state index contributed by atoms with van der Waals surface area (Å²) in [5, 5.41) is 0. The van der Waals surface area contributed by atoms with Gasteiger partial charge in [0.1, 0.15) is 0 Å². The van der Waals surface area contributed by atoms with Crippen molar-refractivity contribution in [3.63, 3.8) is 0 Å². The zero-order chi connectivity index (χ0) is 15.1. The van der Waals surface area contributed by atoms with Crippen molar-refractivity contribution in [2.75, 3.05) is 13.2 Å². The van der Waals surface area contributed by atoms with Crippen LogP contribution < -0.4 is 0 Å². The maximum Gasteiger partial charge on any atom is 0.307 e. The number of hydrogen-bond acceptors (Lipinski definition) is 1. The van der Waals surface area contributed by atoms with E-state index in [1.807, 2.05) is 0 Å². The molecule has 0 saturated heterocycles. The van der Waals surface area contributed by atoms with Crippen LogP contribution in [0.3, 0.4) is 0 Å². The first-order valence-electron chi connectivity index (χ1n) is 5.49. The minimum Gasteiger partial charge on any atom is -0.381 e. The van der Waals surface area contributed by atoms with Crippen molar-refractivity contribution in [2.45, 2.75) is 50.4 Å². The molecule has 0 aromatic heterocycles. The maximum absolute atomic E-state index is 12.4. The lowest BCUT2D eigenvalue weighted by atomic mass is 10.2. The second-order valence-corrected chi connectivity index (χ2v) is 3.94. The highest BCUT2D eigenvalue weighted by atomic mass is 19.3. The molecule has 0 unspecified atom stereocenters. The van der Waals surface area contributed by atoms with Gasteiger partial charge >= 0.3 is 24.7 Å². The quantitative estimate of drug-likeness (QED) is 0.430. The SMILES string of the molecule is FC(F)C(F)(F)CCCOCCCC(F)(F)C(F)F. The first-order valence-corrected chi connectivity index (χ1v) is 5.49. The summed E-state index contributed by atoms with van der Waals surface area (Å²) in [6.45, 7) is -0.634. The molecule has 0 fully saturated rings. The van der Waals surface area contributed by atoms with Gasteiger partial charge in [-0.15, -0.1) is 0 Å². The second kappa shape index (κ2) is 7.86. The molecule has 0 heterocycles. The summed E-state index contributed by atoms with van der Waals surface area (Å²) in [5.74, 6) is -8.21. The predicted octanol–water partition coefficient (Wildman–Crippen LogP) is 4.36. The second-order valence-electron chi connectivity index (χ2n) is 3.94. The van der Waals surface area contributed by atoms with E-state index >= 15 is 0 Å². The van der Waals surface area contributed by atoms with E-state index in [1.165, 1.54) is 0 Å². The Morgan fingerprint density at radius 3 is 1.26 bits per heavy atom.